The number of nitrogens with one attached hydrogen (secondary N) is 2. The zero-order valence-electron chi connectivity index (χ0n) is 11.3. The summed E-state index contributed by atoms with van der Waals surface area (Å²) in [5.74, 6) is -0.705. The van der Waals surface area contributed by atoms with Gasteiger partial charge in [-0.1, -0.05) is 23.7 Å². The molecule has 1 amide bonds. The van der Waals surface area contributed by atoms with Gasteiger partial charge in [0.15, 0.2) is 0 Å². The minimum Gasteiger partial charge on any atom is -0.321 e. The third kappa shape index (κ3) is 3.15. The molecule has 0 saturated heterocycles. The second-order valence-corrected chi connectivity index (χ2v) is 5.07. The van der Waals surface area contributed by atoms with Crippen LogP contribution in [0.25, 0.3) is 11.3 Å². The molecule has 1 heterocycles. The number of halogens is 2. The molecular weight excluding hydrogens is 305 g/mol. The Morgan fingerprint density at radius 3 is 2.45 bits per heavy atom. The van der Waals surface area contributed by atoms with Crippen molar-refractivity contribution >= 4 is 23.2 Å². The Morgan fingerprint density at radius 1 is 1.09 bits per heavy atom. The fourth-order valence-electron chi connectivity index (χ4n) is 1.94. The van der Waals surface area contributed by atoms with Crippen LogP contribution in [0.2, 0.25) is 5.02 Å². The maximum absolute atomic E-state index is 12.8. The number of rotatable bonds is 3. The van der Waals surface area contributed by atoms with E-state index in [4.69, 9.17) is 11.6 Å². The first-order valence-corrected chi connectivity index (χ1v) is 6.88. The normalized spacial score (nSPS) is 10.5. The number of hydrogen-bond acceptors (Lipinski definition) is 2. The van der Waals surface area contributed by atoms with Crippen LogP contribution < -0.4 is 5.32 Å². The van der Waals surface area contributed by atoms with Crippen LogP contribution in [0.15, 0.2) is 54.6 Å². The lowest BCUT2D eigenvalue weighted by atomic mass is 10.1. The van der Waals surface area contributed by atoms with Gasteiger partial charge in [-0.15, -0.1) is 0 Å². The molecule has 0 spiro atoms. The third-order valence-corrected chi connectivity index (χ3v) is 3.32. The van der Waals surface area contributed by atoms with Crippen LogP contribution in [0, 0.1) is 5.82 Å². The minimum absolute atomic E-state index is 0.314. The van der Waals surface area contributed by atoms with Crippen molar-refractivity contribution in [3.05, 3.63) is 71.1 Å². The highest BCUT2D eigenvalue weighted by molar-refractivity contribution is 6.30. The van der Waals surface area contributed by atoms with Crippen molar-refractivity contribution in [1.29, 1.82) is 0 Å². The van der Waals surface area contributed by atoms with Crippen LogP contribution in [0.1, 0.15) is 10.5 Å². The summed E-state index contributed by atoms with van der Waals surface area (Å²) >= 11 is 5.84. The van der Waals surface area contributed by atoms with Crippen LogP contribution in [0.5, 0.6) is 0 Å². The van der Waals surface area contributed by atoms with Gasteiger partial charge >= 0.3 is 0 Å². The number of H-pyrrole nitrogens is 1. The molecular formula is C16H11ClFN3O. The zero-order valence-corrected chi connectivity index (χ0v) is 12.1. The number of anilines is 1. The van der Waals surface area contributed by atoms with Gasteiger partial charge in [-0.3, -0.25) is 9.89 Å². The predicted octanol–water partition coefficient (Wildman–Crippen LogP) is 4.12. The quantitative estimate of drug-likeness (QED) is 0.763. The lowest BCUT2D eigenvalue weighted by Gasteiger charge is -2.02. The number of aromatic amines is 1. The number of hydrogen-bond donors (Lipinski definition) is 2. The van der Waals surface area contributed by atoms with E-state index in [2.05, 4.69) is 15.5 Å². The van der Waals surface area contributed by atoms with Gasteiger partial charge < -0.3 is 5.32 Å². The Labute approximate surface area is 130 Å². The number of aromatic nitrogens is 2. The van der Waals surface area contributed by atoms with Crippen LogP contribution in [-0.2, 0) is 0 Å². The van der Waals surface area contributed by atoms with Gasteiger partial charge in [-0.05, 0) is 42.5 Å². The topological polar surface area (TPSA) is 57.8 Å². The van der Waals surface area contributed by atoms with Gasteiger partial charge in [0.25, 0.3) is 5.91 Å². The van der Waals surface area contributed by atoms with Gasteiger partial charge in [-0.25, -0.2) is 4.39 Å². The van der Waals surface area contributed by atoms with Crippen LogP contribution in [0.3, 0.4) is 0 Å². The molecule has 0 saturated carbocycles. The highest BCUT2D eigenvalue weighted by Crippen LogP contribution is 2.20. The highest BCUT2D eigenvalue weighted by Gasteiger charge is 2.11. The summed E-state index contributed by atoms with van der Waals surface area (Å²) in [5, 5.41) is 10.1. The van der Waals surface area contributed by atoms with E-state index in [1.54, 1.807) is 18.2 Å². The van der Waals surface area contributed by atoms with Gasteiger partial charge in [-0.2, -0.15) is 5.10 Å². The van der Waals surface area contributed by atoms with Gasteiger partial charge in [0, 0.05) is 16.3 Å². The Bertz CT molecular complexity index is 797. The highest BCUT2D eigenvalue weighted by atomic mass is 35.5. The maximum atomic E-state index is 12.8. The summed E-state index contributed by atoms with van der Waals surface area (Å²) < 4.78 is 12.8. The van der Waals surface area contributed by atoms with E-state index in [1.807, 2.05) is 12.1 Å². The van der Waals surface area contributed by atoms with Crippen LogP contribution >= 0.6 is 11.6 Å². The average molecular weight is 316 g/mol. The molecule has 4 nitrogen and oxygen atoms in total. The Hall–Kier alpha value is -2.66. The number of carbonyl (C=O) groups excluding carboxylic acids is 1. The molecule has 0 aliphatic carbocycles. The van der Waals surface area contributed by atoms with Crippen molar-refractivity contribution in [3.8, 4) is 11.3 Å². The van der Waals surface area contributed by atoms with E-state index < -0.39 is 0 Å². The second kappa shape index (κ2) is 5.99. The molecule has 0 aliphatic rings. The Kier molecular flexibility index (Phi) is 3.89. The van der Waals surface area contributed by atoms with E-state index >= 15 is 0 Å². The van der Waals surface area contributed by atoms with Crippen LogP contribution in [-0.4, -0.2) is 16.1 Å². The van der Waals surface area contributed by atoms with Crippen molar-refractivity contribution in [1.82, 2.24) is 10.2 Å². The predicted molar refractivity (Wildman–Crippen MR) is 83.4 cm³/mol. The third-order valence-electron chi connectivity index (χ3n) is 3.06. The molecule has 0 radical (unpaired) electrons. The first-order chi connectivity index (χ1) is 10.6. The molecule has 0 aliphatic heterocycles. The summed E-state index contributed by atoms with van der Waals surface area (Å²) in [6.07, 6.45) is 0. The largest absolute Gasteiger partial charge is 0.321 e. The average Bonchev–Trinajstić information content (AvgIpc) is 3.00. The SMILES string of the molecule is O=C(Nc1ccc(F)cc1)c1cc(-c2ccc(Cl)cc2)n[nH]1. The molecule has 22 heavy (non-hydrogen) atoms. The molecule has 6 heteroatoms. The smallest absolute Gasteiger partial charge is 0.273 e. The van der Waals surface area contributed by atoms with E-state index in [1.165, 1.54) is 24.3 Å². The standard InChI is InChI=1S/C16H11ClFN3O/c17-11-3-1-10(2-4-11)14-9-15(21-20-14)16(22)19-13-7-5-12(18)6-8-13/h1-9H,(H,19,22)(H,20,21). The second-order valence-electron chi connectivity index (χ2n) is 4.63. The minimum atomic E-state index is -0.357. The lowest BCUT2D eigenvalue weighted by molar-refractivity contribution is 0.102. The van der Waals surface area contributed by atoms with Crippen molar-refractivity contribution in [2.24, 2.45) is 0 Å². The van der Waals surface area contributed by atoms with E-state index in [9.17, 15) is 9.18 Å². The van der Waals surface area contributed by atoms with Crippen molar-refractivity contribution in [2.45, 2.75) is 0 Å². The van der Waals surface area contributed by atoms with Crippen molar-refractivity contribution in [2.75, 3.05) is 5.32 Å². The van der Waals surface area contributed by atoms with E-state index in [0.29, 0.717) is 22.1 Å². The summed E-state index contributed by atoms with van der Waals surface area (Å²) in [4.78, 5) is 12.1. The number of nitrogens with zero attached hydrogens (tertiary/aromatic N) is 1. The Morgan fingerprint density at radius 2 is 1.77 bits per heavy atom. The zero-order chi connectivity index (χ0) is 15.5. The molecule has 0 fully saturated rings. The maximum Gasteiger partial charge on any atom is 0.273 e. The summed E-state index contributed by atoms with van der Waals surface area (Å²) in [5.41, 5.74) is 2.31. The molecule has 2 N–H and O–H groups in total. The summed E-state index contributed by atoms with van der Waals surface area (Å²) in [7, 11) is 0. The van der Waals surface area contributed by atoms with Crippen molar-refractivity contribution < 1.29 is 9.18 Å². The van der Waals surface area contributed by atoms with Crippen LogP contribution in [0.4, 0.5) is 10.1 Å². The van der Waals surface area contributed by atoms with Gasteiger partial charge in [0.1, 0.15) is 11.5 Å². The summed E-state index contributed by atoms with van der Waals surface area (Å²) in [6.45, 7) is 0. The number of benzene rings is 2. The Balaban J connectivity index is 1.76. The first-order valence-electron chi connectivity index (χ1n) is 6.50. The lowest BCUT2D eigenvalue weighted by Crippen LogP contribution is -2.12. The molecule has 0 unspecified atom stereocenters. The monoisotopic (exact) mass is 315 g/mol. The van der Waals surface area contributed by atoms with E-state index in [0.717, 1.165) is 5.56 Å². The van der Waals surface area contributed by atoms with Gasteiger partial charge in [0.05, 0.1) is 5.69 Å². The molecule has 3 aromatic rings. The number of carbonyl (C=O) groups is 1. The van der Waals surface area contributed by atoms with Gasteiger partial charge in [0.2, 0.25) is 0 Å². The fourth-order valence-corrected chi connectivity index (χ4v) is 2.06. The molecule has 1 aromatic heterocycles. The number of amides is 1. The summed E-state index contributed by atoms with van der Waals surface area (Å²) in [6, 6.07) is 14.3. The molecule has 0 atom stereocenters. The molecule has 110 valence electrons. The van der Waals surface area contributed by atoms with E-state index in [-0.39, 0.29) is 11.7 Å². The fraction of sp³-hybridized carbons (Fsp3) is 0. The first kappa shape index (κ1) is 14.3. The van der Waals surface area contributed by atoms with Crippen molar-refractivity contribution in [3.63, 3.8) is 0 Å². The molecule has 2 aromatic carbocycles. The molecule has 3 rings (SSSR count). The molecule has 0 bridgehead atoms.